The summed E-state index contributed by atoms with van der Waals surface area (Å²) in [6.45, 7) is 0. The molecule has 4 nitrogen and oxygen atoms in total. The van der Waals surface area contributed by atoms with Crippen LogP contribution in [0.4, 0.5) is 5.95 Å². The molecule has 14 heavy (non-hydrogen) atoms. The van der Waals surface area contributed by atoms with Crippen LogP contribution < -0.4 is 5.32 Å². The highest BCUT2D eigenvalue weighted by Crippen LogP contribution is 2.11. The summed E-state index contributed by atoms with van der Waals surface area (Å²) < 4.78 is 1.89. The van der Waals surface area contributed by atoms with E-state index < -0.39 is 0 Å². The summed E-state index contributed by atoms with van der Waals surface area (Å²) in [4.78, 5) is 0. The first-order valence-corrected chi connectivity index (χ1v) is 4.05. The number of rotatable bonds is 2. The van der Waals surface area contributed by atoms with Gasteiger partial charge in [0.2, 0.25) is 5.95 Å². The molecule has 1 N–H and O–H groups in total. The Morgan fingerprint density at radius 3 is 2.57 bits per heavy atom. The third-order valence-corrected chi connectivity index (χ3v) is 1.81. The first-order valence-electron chi connectivity index (χ1n) is 4.05. The molecule has 1 heterocycles. The molecular weight excluding hydrogens is 291 g/mol. The number of anilines is 1. The highest BCUT2D eigenvalue weighted by molar-refractivity contribution is 14.0. The number of nitrogens with one attached hydrogen (secondary N) is 1. The highest BCUT2D eigenvalue weighted by atomic mass is 127. The van der Waals surface area contributed by atoms with Gasteiger partial charge in [-0.15, -0.1) is 34.2 Å². The third-order valence-electron chi connectivity index (χ3n) is 1.81. The Balaban J connectivity index is 0.000000980. The van der Waals surface area contributed by atoms with Crippen molar-refractivity contribution < 1.29 is 0 Å². The Labute approximate surface area is 99.4 Å². The van der Waals surface area contributed by atoms with Crippen molar-refractivity contribution in [1.82, 2.24) is 14.8 Å². The van der Waals surface area contributed by atoms with Crippen LogP contribution in [0.2, 0.25) is 0 Å². The van der Waals surface area contributed by atoms with Gasteiger partial charge >= 0.3 is 0 Å². The van der Waals surface area contributed by atoms with E-state index in [0.29, 0.717) is 0 Å². The number of hydrogen-bond donors (Lipinski definition) is 1. The summed E-state index contributed by atoms with van der Waals surface area (Å²) in [6, 6.07) is 9.95. The van der Waals surface area contributed by atoms with Gasteiger partial charge in [-0.05, 0) is 12.1 Å². The molecule has 0 bridgehead atoms. The van der Waals surface area contributed by atoms with Crippen LogP contribution in [-0.2, 0) is 0 Å². The third kappa shape index (κ3) is 2.03. The van der Waals surface area contributed by atoms with Gasteiger partial charge in [-0.3, -0.25) is 4.57 Å². The number of aromatic nitrogens is 3. The first-order chi connectivity index (χ1) is 6.42. The molecule has 0 amide bonds. The molecular formula is C9H11IN4. The van der Waals surface area contributed by atoms with Crippen LogP contribution in [0, 0.1) is 0 Å². The fourth-order valence-corrected chi connectivity index (χ4v) is 1.18. The van der Waals surface area contributed by atoms with E-state index in [1.54, 1.807) is 6.33 Å². The molecule has 2 rings (SSSR count). The van der Waals surface area contributed by atoms with Crippen LogP contribution in [0.25, 0.3) is 5.69 Å². The second-order valence-corrected chi connectivity index (χ2v) is 2.61. The molecule has 1 aromatic heterocycles. The van der Waals surface area contributed by atoms with E-state index in [-0.39, 0.29) is 24.0 Å². The summed E-state index contributed by atoms with van der Waals surface area (Å²) in [7, 11) is 1.82. The predicted molar refractivity (Wildman–Crippen MR) is 66.3 cm³/mol. The summed E-state index contributed by atoms with van der Waals surface area (Å²) in [5.74, 6) is 0.742. The van der Waals surface area contributed by atoms with Gasteiger partial charge in [-0.2, -0.15) is 0 Å². The van der Waals surface area contributed by atoms with Crippen LogP contribution >= 0.6 is 24.0 Å². The second-order valence-electron chi connectivity index (χ2n) is 2.61. The lowest BCUT2D eigenvalue weighted by atomic mass is 10.3. The fourth-order valence-electron chi connectivity index (χ4n) is 1.18. The van der Waals surface area contributed by atoms with Crippen molar-refractivity contribution in [3.8, 4) is 5.69 Å². The molecule has 0 aliphatic carbocycles. The Kier molecular flexibility index (Phi) is 3.87. The average molecular weight is 302 g/mol. The van der Waals surface area contributed by atoms with Gasteiger partial charge in [0.15, 0.2) is 0 Å². The van der Waals surface area contributed by atoms with E-state index >= 15 is 0 Å². The topological polar surface area (TPSA) is 42.7 Å². The van der Waals surface area contributed by atoms with Crippen LogP contribution in [-0.4, -0.2) is 21.8 Å². The molecule has 74 valence electrons. The van der Waals surface area contributed by atoms with E-state index in [0.717, 1.165) is 11.6 Å². The standard InChI is InChI=1S/C9H10N4.HI/c1-10-9-12-11-7-13(9)8-5-3-2-4-6-8;/h2-7H,1H3,(H,10,12);1H. The van der Waals surface area contributed by atoms with E-state index in [1.165, 1.54) is 0 Å². The molecule has 0 unspecified atom stereocenters. The number of halogens is 1. The van der Waals surface area contributed by atoms with Crippen molar-refractivity contribution in [3.63, 3.8) is 0 Å². The maximum absolute atomic E-state index is 3.91. The number of benzene rings is 1. The SMILES string of the molecule is CNc1nncn1-c1ccccc1.I. The Morgan fingerprint density at radius 2 is 1.93 bits per heavy atom. The molecule has 2 aromatic rings. The molecule has 1 aromatic carbocycles. The molecule has 5 heteroatoms. The van der Waals surface area contributed by atoms with Crippen molar-refractivity contribution in [2.24, 2.45) is 0 Å². The largest absolute Gasteiger partial charge is 0.357 e. The maximum atomic E-state index is 3.91. The smallest absolute Gasteiger partial charge is 0.228 e. The zero-order valence-electron chi connectivity index (χ0n) is 7.71. The van der Waals surface area contributed by atoms with Gasteiger partial charge in [-0.1, -0.05) is 18.2 Å². The molecule has 0 fully saturated rings. The highest BCUT2D eigenvalue weighted by Gasteiger charge is 2.01. The van der Waals surface area contributed by atoms with Crippen molar-refractivity contribution in [2.45, 2.75) is 0 Å². The van der Waals surface area contributed by atoms with E-state index in [9.17, 15) is 0 Å². The number of hydrogen-bond acceptors (Lipinski definition) is 3. The summed E-state index contributed by atoms with van der Waals surface area (Å²) >= 11 is 0. The molecule has 0 saturated carbocycles. The van der Waals surface area contributed by atoms with E-state index in [4.69, 9.17) is 0 Å². The quantitative estimate of drug-likeness (QED) is 0.862. The summed E-state index contributed by atoms with van der Waals surface area (Å²) in [6.07, 6.45) is 1.68. The minimum absolute atomic E-state index is 0. The van der Waals surface area contributed by atoms with Gasteiger partial charge in [-0.25, -0.2) is 0 Å². The zero-order chi connectivity index (χ0) is 9.10. The maximum Gasteiger partial charge on any atom is 0.228 e. The normalized spacial score (nSPS) is 9.21. The molecule has 0 spiro atoms. The molecule has 0 radical (unpaired) electrons. The van der Waals surface area contributed by atoms with Crippen molar-refractivity contribution in [3.05, 3.63) is 36.7 Å². The van der Waals surface area contributed by atoms with E-state index in [2.05, 4.69) is 15.5 Å². The van der Waals surface area contributed by atoms with Crippen LogP contribution in [0.15, 0.2) is 36.7 Å². The minimum atomic E-state index is 0. The lowest BCUT2D eigenvalue weighted by molar-refractivity contribution is 1.05. The van der Waals surface area contributed by atoms with Gasteiger partial charge < -0.3 is 5.32 Å². The molecule has 0 aliphatic rings. The Morgan fingerprint density at radius 1 is 1.21 bits per heavy atom. The Bertz CT molecular complexity index is 385. The van der Waals surface area contributed by atoms with Gasteiger partial charge in [0.05, 0.1) is 5.69 Å². The lowest BCUT2D eigenvalue weighted by Gasteiger charge is -2.04. The van der Waals surface area contributed by atoms with Crippen LogP contribution in [0.1, 0.15) is 0 Å². The van der Waals surface area contributed by atoms with Gasteiger partial charge in [0, 0.05) is 7.05 Å². The van der Waals surface area contributed by atoms with E-state index in [1.807, 2.05) is 41.9 Å². The Hall–Kier alpha value is -1.11. The minimum Gasteiger partial charge on any atom is -0.357 e. The van der Waals surface area contributed by atoms with Gasteiger partial charge in [0.25, 0.3) is 0 Å². The van der Waals surface area contributed by atoms with Crippen LogP contribution in [0.3, 0.4) is 0 Å². The lowest BCUT2D eigenvalue weighted by Crippen LogP contribution is -1.99. The first kappa shape index (κ1) is 11.0. The fraction of sp³-hybridized carbons (Fsp3) is 0.111. The summed E-state index contributed by atoms with van der Waals surface area (Å²) in [5.41, 5.74) is 1.05. The monoisotopic (exact) mass is 302 g/mol. The predicted octanol–water partition coefficient (Wildman–Crippen LogP) is 1.93. The summed E-state index contributed by atoms with van der Waals surface area (Å²) in [5, 5.41) is 10.7. The van der Waals surface area contributed by atoms with Crippen molar-refractivity contribution in [2.75, 3.05) is 12.4 Å². The second kappa shape index (κ2) is 4.94. The zero-order valence-corrected chi connectivity index (χ0v) is 10.0. The number of nitrogens with zero attached hydrogens (tertiary/aromatic N) is 3. The molecule has 0 atom stereocenters. The van der Waals surface area contributed by atoms with Crippen LogP contribution in [0.5, 0.6) is 0 Å². The van der Waals surface area contributed by atoms with Crippen molar-refractivity contribution >= 4 is 29.9 Å². The van der Waals surface area contributed by atoms with Crippen molar-refractivity contribution in [1.29, 1.82) is 0 Å². The molecule has 0 saturated heterocycles. The number of para-hydroxylation sites is 1. The van der Waals surface area contributed by atoms with Gasteiger partial charge in [0.1, 0.15) is 6.33 Å². The molecule has 0 aliphatic heterocycles. The average Bonchev–Trinajstić information content (AvgIpc) is 2.67.